The molecule has 1 heterocycles. The molecule has 192 valence electrons. The zero-order chi connectivity index (χ0) is 26.2. The number of rotatable bonds is 11. The van der Waals surface area contributed by atoms with Crippen molar-refractivity contribution in [3.8, 4) is 5.69 Å². The summed E-state index contributed by atoms with van der Waals surface area (Å²) >= 11 is 6.28. The highest BCUT2D eigenvalue weighted by atomic mass is 35.5. The average molecular weight is 512 g/mol. The minimum atomic E-state index is -0.477. The van der Waals surface area contributed by atoms with Gasteiger partial charge in [0, 0.05) is 18.0 Å². The molecule has 0 aliphatic heterocycles. The summed E-state index contributed by atoms with van der Waals surface area (Å²) in [6, 6.07) is 13.8. The van der Waals surface area contributed by atoms with Crippen molar-refractivity contribution in [2.45, 2.75) is 59.4 Å². The molecule has 0 N–H and O–H groups in total. The van der Waals surface area contributed by atoms with E-state index >= 15 is 0 Å². The fraction of sp³-hybridized carbons (Fsp3) is 0.429. The van der Waals surface area contributed by atoms with Gasteiger partial charge < -0.3 is 9.64 Å². The van der Waals surface area contributed by atoms with Crippen LogP contribution in [-0.2, 0) is 14.3 Å². The van der Waals surface area contributed by atoms with Gasteiger partial charge in [0.25, 0.3) is 5.56 Å². The summed E-state index contributed by atoms with van der Waals surface area (Å²) in [6.45, 7) is 8.65. The lowest BCUT2D eigenvalue weighted by Crippen LogP contribution is -2.39. The van der Waals surface area contributed by atoms with Crippen molar-refractivity contribution in [1.82, 2.24) is 14.5 Å². The summed E-state index contributed by atoms with van der Waals surface area (Å²) in [5, 5.41) is 0.979. The molecule has 2 aromatic carbocycles. The molecule has 1 amide bonds. The molecule has 0 saturated carbocycles. The van der Waals surface area contributed by atoms with Crippen LogP contribution in [0.3, 0.4) is 0 Å². The first kappa shape index (κ1) is 27.4. The van der Waals surface area contributed by atoms with Gasteiger partial charge in [-0.3, -0.25) is 19.0 Å². The van der Waals surface area contributed by atoms with Gasteiger partial charge in [-0.1, -0.05) is 50.6 Å². The first-order valence-corrected chi connectivity index (χ1v) is 12.9. The number of para-hydroxylation sites is 1. The Morgan fingerprint density at radius 3 is 2.50 bits per heavy atom. The summed E-state index contributed by atoms with van der Waals surface area (Å²) in [5.41, 5.74) is 0.929. The largest absolute Gasteiger partial charge is 0.466 e. The second-order valence-electron chi connectivity index (χ2n) is 9.11. The third kappa shape index (κ3) is 6.52. The third-order valence-corrected chi connectivity index (χ3v) is 6.28. The van der Waals surface area contributed by atoms with E-state index in [0.717, 1.165) is 6.42 Å². The molecule has 0 saturated heterocycles. The maximum Gasteiger partial charge on any atom is 0.306 e. The van der Waals surface area contributed by atoms with Gasteiger partial charge in [0.15, 0.2) is 0 Å². The number of aromatic nitrogens is 2. The molecular weight excluding hydrogens is 478 g/mol. The fourth-order valence-electron chi connectivity index (χ4n) is 4.22. The Balaban J connectivity index is 2.15. The molecule has 7 nitrogen and oxygen atoms in total. The predicted octanol–water partition coefficient (Wildman–Crippen LogP) is 5.71. The number of carbonyl (C=O) groups excluding carboxylic acids is 2. The molecule has 0 aliphatic rings. The number of amides is 1. The SMILES string of the molecule is CCOC(=O)CCC(=O)N(CCC(C)C)C(CC)c1nc2ccccc2c(=O)n1-c1cccc(Cl)c1. The Kier molecular flexibility index (Phi) is 9.65. The number of carbonyl (C=O) groups is 2. The van der Waals surface area contributed by atoms with Crippen LogP contribution in [0, 0.1) is 5.92 Å². The van der Waals surface area contributed by atoms with Gasteiger partial charge in [0.05, 0.1) is 35.7 Å². The number of halogens is 1. The van der Waals surface area contributed by atoms with Crippen molar-refractivity contribution in [1.29, 1.82) is 0 Å². The van der Waals surface area contributed by atoms with E-state index in [9.17, 15) is 14.4 Å². The highest BCUT2D eigenvalue weighted by molar-refractivity contribution is 6.30. The van der Waals surface area contributed by atoms with E-state index in [0.29, 0.717) is 46.3 Å². The number of hydrogen-bond acceptors (Lipinski definition) is 5. The predicted molar refractivity (Wildman–Crippen MR) is 142 cm³/mol. The Hall–Kier alpha value is -3.19. The van der Waals surface area contributed by atoms with E-state index in [1.165, 1.54) is 0 Å². The Morgan fingerprint density at radius 1 is 1.08 bits per heavy atom. The van der Waals surface area contributed by atoms with Crippen LogP contribution in [0.5, 0.6) is 0 Å². The maximum absolute atomic E-state index is 13.7. The Morgan fingerprint density at radius 2 is 1.83 bits per heavy atom. The maximum atomic E-state index is 13.7. The number of benzene rings is 2. The Bertz CT molecular complexity index is 1270. The van der Waals surface area contributed by atoms with E-state index in [-0.39, 0.29) is 30.9 Å². The van der Waals surface area contributed by atoms with E-state index in [1.54, 1.807) is 58.9 Å². The van der Waals surface area contributed by atoms with Gasteiger partial charge in [0.2, 0.25) is 5.91 Å². The average Bonchev–Trinajstić information content (AvgIpc) is 2.85. The summed E-state index contributed by atoms with van der Waals surface area (Å²) in [7, 11) is 0. The van der Waals surface area contributed by atoms with Crippen LogP contribution < -0.4 is 5.56 Å². The smallest absolute Gasteiger partial charge is 0.306 e. The standard InChI is InChI=1S/C28H34ClN3O4/c1-5-24(31(17-16-19(3)4)25(33)14-15-26(34)36-6-2)27-30-23-13-8-7-12-22(23)28(35)32(27)21-11-9-10-20(29)18-21/h7-13,18-19,24H,5-6,14-17H2,1-4H3. The normalized spacial score (nSPS) is 12.1. The fourth-order valence-corrected chi connectivity index (χ4v) is 4.40. The van der Waals surface area contributed by atoms with Crippen LogP contribution in [0.15, 0.2) is 53.3 Å². The second-order valence-corrected chi connectivity index (χ2v) is 9.54. The summed E-state index contributed by atoms with van der Waals surface area (Å²) < 4.78 is 6.57. The molecule has 0 radical (unpaired) electrons. The number of nitrogens with zero attached hydrogens (tertiary/aromatic N) is 3. The van der Waals surface area contributed by atoms with Crippen LogP contribution in [0.2, 0.25) is 5.02 Å². The van der Waals surface area contributed by atoms with E-state index in [4.69, 9.17) is 21.3 Å². The van der Waals surface area contributed by atoms with Gasteiger partial charge >= 0.3 is 5.97 Å². The van der Waals surface area contributed by atoms with Crippen molar-refractivity contribution in [3.05, 3.63) is 69.7 Å². The quantitative estimate of drug-likeness (QED) is 0.308. The zero-order valence-electron chi connectivity index (χ0n) is 21.4. The van der Waals surface area contributed by atoms with Gasteiger partial charge in [-0.05, 0) is 56.0 Å². The highest BCUT2D eigenvalue weighted by Gasteiger charge is 2.29. The van der Waals surface area contributed by atoms with Crippen molar-refractivity contribution >= 4 is 34.4 Å². The first-order chi connectivity index (χ1) is 17.3. The number of fused-ring (bicyclic) bond motifs is 1. The summed E-state index contributed by atoms with van der Waals surface area (Å²) in [4.78, 5) is 45.8. The zero-order valence-corrected chi connectivity index (χ0v) is 22.1. The van der Waals surface area contributed by atoms with Crippen LogP contribution >= 0.6 is 11.6 Å². The summed E-state index contributed by atoms with van der Waals surface area (Å²) in [5.74, 6) is 0.261. The first-order valence-electron chi connectivity index (χ1n) is 12.5. The molecule has 3 rings (SSSR count). The third-order valence-electron chi connectivity index (χ3n) is 6.05. The monoisotopic (exact) mass is 511 g/mol. The minimum Gasteiger partial charge on any atom is -0.466 e. The molecule has 1 atom stereocenters. The van der Waals surface area contributed by atoms with Gasteiger partial charge in [0.1, 0.15) is 5.82 Å². The van der Waals surface area contributed by atoms with Gasteiger partial charge in [-0.25, -0.2) is 4.98 Å². The second kappa shape index (κ2) is 12.7. The minimum absolute atomic E-state index is 0.00747. The molecule has 1 aromatic heterocycles. The van der Waals surface area contributed by atoms with Crippen LogP contribution in [0.25, 0.3) is 16.6 Å². The number of ether oxygens (including phenoxy) is 1. The highest BCUT2D eigenvalue weighted by Crippen LogP contribution is 2.28. The molecular formula is C28H34ClN3O4. The molecule has 0 spiro atoms. The molecule has 1 unspecified atom stereocenters. The van der Waals surface area contributed by atoms with Crippen molar-refractivity contribution < 1.29 is 14.3 Å². The van der Waals surface area contributed by atoms with Crippen LogP contribution in [0.1, 0.15) is 65.2 Å². The molecule has 8 heteroatoms. The molecule has 0 bridgehead atoms. The van der Waals surface area contributed by atoms with Crippen molar-refractivity contribution in [2.24, 2.45) is 5.92 Å². The molecule has 0 fully saturated rings. The topological polar surface area (TPSA) is 81.5 Å². The number of esters is 1. The van der Waals surface area contributed by atoms with E-state index < -0.39 is 12.0 Å². The summed E-state index contributed by atoms with van der Waals surface area (Å²) in [6.07, 6.45) is 1.35. The van der Waals surface area contributed by atoms with Gasteiger partial charge in [-0.15, -0.1) is 0 Å². The molecule has 36 heavy (non-hydrogen) atoms. The van der Waals surface area contributed by atoms with Gasteiger partial charge in [-0.2, -0.15) is 0 Å². The lowest BCUT2D eigenvalue weighted by atomic mass is 10.1. The van der Waals surface area contributed by atoms with Crippen molar-refractivity contribution in [3.63, 3.8) is 0 Å². The van der Waals surface area contributed by atoms with E-state index in [2.05, 4.69) is 13.8 Å². The van der Waals surface area contributed by atoms with Crippen LogP contribution in [-0.4, -0.2) is 39.5 Å². The Labute approximate surface area is 217 Å². The number of hydrogen-bond donors (Lipinski definition) is 0. The van der Waals surface area contributed by atoms with Crippen LogP contribution in [0.4, 0.5) is 0 Å². The van der Waals surface area contributed by atoms with Crippen molar-refractivity contribution in [2.75, 3.05) is 13.2 Å². The molecule has 3 aromatic rings. The van der Waals surface area contributed by atoms with E-state index in [1.807, 2.05) is 13.0 Å². The lowest BCUT2D eigenvalue weighted by molar-refractivity contribution is -0.146. The molecule has 0 aliphatic carbocycles. The lowest BCUT2D eigenvalue weighted by Gasteiger charge is -2.33.